The molecule has 1 heteroatoms. The van der Waals surface area contributed by atoms with Crippen molar-refractivity contribution in [2.24, 2.45) is 5.92 Å². The molecule has 0 bridgehead atoms. The fourth-order valence-corrected chi connectivity index (χ4v) is 1.94. The van der Waals surface area contributed by atoms with Gasteiger partial charge in [-0.1, -0.05) is 57.4 Å². The highest BCUT2D eigenvalue weighted by molar-refractivity contribution is 5.76. The SMILES string of the molecule is CCCC(CC)Cc1ccc(C=N)cc1. The Hall–Kier alpha value is -1.11. The van der Waals surface area contributed by atoms with Gasteiger partial charge in [0.15, 0.2) is 0 Å². The van der Waals surface area contributed by atoms with E-state index in [9.17, 15) is 0 Å². The van der Waals surface area contributed by atoms with Crippen LogP contribution in [0.2, 0.25) is 0 Å². The summed E-state index contributed by atoms with van der Waals surface area (Å²) >= 11 is 0. The normalized spacial score (nSPS) is 12.4. The van der Waals surface area contributed by atoms with Crippen LogP contribution in [0.4, 0.5) is 0 Å². The van der Waals surface area contributed by atoms with Crippen molar-refractivity contribution in [1.29, 1.82) is 5.41 Å². The zero-order valence-electron chi connectivity index (χ0n) is 9.79. The Morgan fingerprint density at radius 3 is 2.33 bits per heavy atom. The van der Waals surface area contributed by atoms with Crippen LogP contribution in [0.3, 0.4) is 0 Å². The summed E-state index contributed by atoms with van der Waals surface area (Å²) in [7, 11) is 0. The predicted octanol–water partition coefficient (Wildman–Crippen LogP) is 4.05. The molecule has 0 aliphatic carbocycles. The molecular weight excluding hydrogens is 182 g/mol. The Balaban J connectivity index is 2.58. The van der Waals surface area contributed by atoms with Gasteiger partial charge in [0.2, 0.25) is 0 Å². The Bertz CT molecular complexity index is 287. The molecule has 0 radical (unpaired) electrons. The molecule has 1 aromatic carbocycles. The Morgan fingerprint density at radius 2 is 1.87 bits per heavy atom. The van der Waals surface area contributed by atoms with Crippen LogP contribution < -0.4 is 0 Å². The standard InChI is InChI=1S/C14H21N/c1-3-5-12(4-2)10-13-6-8-14(11-15)9-7-13/h6-9,11-12,15H,3-5,10H2,1-2H3. The van der Waals surface area contributed by atoms with Gasteiger partial charge in [0.05, 0.1) is 0 Å². The average molecular weight is 203 g/mol. The van der Waals surface area contributed by atoms with Crippen molar-refractivity contribution in [3.05, 3.63) is 35.4 Å². The predicted molar refractivity (Wildman–Crippen MR) is 66.7 cm³/mol. The van der Waals surface area contributed by atoms with E-state index in [-0.39, 0.29) is 0 Å². The van der Waals surface area contributed by atoms with E-state index in [2.05, 4.69) is 26.0 Å². The first kappa shape index (κ1) is 12.0. The second-order valence-corrected chi connectivity index (χ2v) is 4.15. The number of nitrogens with one attached hydrogen (secondary N) is 1. The van der Waals surface area contributed by atoms with E-state index in [1.54, 1.807) is 0 Å². The van der Waals surface area contributed by atoms with Gasteiger partial charge < -0.3 is 5.41 Å². The lowest BCUT2D eigenvalue weighted by molar-refractivity contribution is 0.462. The number of hydrogen-bond acceptors (Lipinski definition) is 1. The number of rotatable bonds is 6. The lowest BCUT2D eigenvalue weighted by Gasteiger charge is -2.13. The molecule has 0 aliphatic rings. The van der Waals surface area contributed by atoms with Gasteiger partial charge in [-0.05, 0) is 23.5 Å². The molecule has 15 heavy (non-hydrogen) atoms. The summed E-state index contributed by atoms with van der Waals surface area (Å²) < 4.78 is 0. The minimum absolute atomic E-state index is 0.820. The van der Waals surface area contributed by atoms with E-state index in [0.717, 1.165) is 11.5 Å². The highest BCUT2D eigenvalue weighted by atomic mass is 14.3. The first-order valence-electron chi connectivity index (χ1n) is 5.89. The zero-order valence-corrected chi connectivity index (χ0v) is 9.79. The molecule has 0 aromatic heterocycles. The first-order valence-corrected chi connectivity index (χ1v) is 5.89. The van der Waals surface area contributed by atoms with E-state index in [0.29, 0.717) is 0 Å². The quantitative estimate of drug-likeness (QED) is 0.674. The molecule has 1 nitrogen and oxygen atoms in total. The van der Waals surface area contributed by atoms with Gasteiger partial charge in [-0.25, -0.2) is 0 Å². The van der Waals surface area contributed by atoms with Crippen LogP contribution in [0.1, 0.15) is 44.2 Å². The molecule has 0 saturated carbocycles. The van der Waals surface area contributed by atoms with Crippen LogP contribution in [-0.2, 0) is 6.42 Å². The smallest absolute Gasteiger partial charge is 0.0250 e. The first-order chi connectivity index (χ1) is 7.30. The van der Waals surface area contributed by atoms with Gasteiger partial charge in [0.25, 0.3) is 0 Å². The largest absolute Gasteiger partial charge is 0.308 e. The third kappa shape index (κ3) is 3.86. The second kappa shape index (κ2) is 6.39. The third-order valence-electron chi connectivity index (χ3n) is 2.95. The minimum atomic E-state index is 0.820. The summed E-state index contributed by atoms with van der Waals surface area (Å²) in [6.45, 7) is 4.52. The van der Waals surface area contributed by atoms with Gasteiger partial charge in [-0.2, -0.15) is 0 Å². The maximum atomic E-state index is 7.13. The van der Waals surface area contributed by atoms with Crippen molar-refractivity contribution < 1.29 is 0 Å². The zero-order chi connectivity index (χ0) is 11.1. The topological polar surface area (TPSA) is 23.9 Å². The van der Waals surface area contributed by atoms with Crippen molar-refractivity contribution in [2.75, 3.05) is 0 Å². The number of hydrogen-bond donors (Lipinski definition) is 1. The number of benzene rings is 1. The van der Waals surface area contributed by atoms with Crippen molar-refractivity contribution in [3.8, 4) is 0 Å². The molecular formula is C14H21N. The Labute approximate surface area is 93.0 Å². The fourth-order valence-electron chi connectivity index (χ4n) is 1.94. The summed E-state index contributed by atoms with van der Waals surface area (Å²) in [5, 5.41) is 7.13. The Kier molecular flexibility index (Phi) is 5.09. The lowest BCUT2D eigenvalue weighted by atomic mass is 9.92. The summed E-state index contributed by atoms with van der Waals surface area (Å²) in [5.41, 5.74) is 2.39. The molecule has 1 atom stereocenters. The summed E-state index contributed by atoms with van der Waals surface area (Å²) in [5.74, 6) is 0.820. The van der Waals surface area contributed by atoms with Crippen molar-refractivity contribution in [2.45, 2.75) is 39.5 Å². The molecule has 82 valence electrons. The van der Waals surface area contributed by atoms with Crippen molar-refractivity contribution in [1.82, 2.24) is 0 Å². The van der Waals surface area contributed by atoms with Crippen LogP contribution in [0.15, 0.2) is 24.3 Å². The van der Waals surface area contributed by atoms with Crippen molar-refractivity contribution in [3.63, 3.8) is 0 Å². The van der Waals surface area contributed by atoms with Crippen LogP contribution >= 0.6 is 0 Å². The monoisotopic (exact) mass is 203 g/mol. The fraction of sp³-hybridized carbons (Fsp3) is 0.500. The van der Waals surface area contributed by atoms with Gasteiger partial charge >= 0.3 is 0 Å². The highest BCUT2D eigenvalue weighted by Crippen LogP contribution is 2.17. The summed E-state index contributed by atoms with van der Waals surface area (Å²) in [6, 6.07) is 8.36. The molecule has 1 N–H and O–H groups in total. The molecule has 1 aromatic rings. The van der Waals surface area contributed by atoms with Crippen molar-refractivity contribution >= 4 is 6.21 Å². The maximum absolute atomic E-state index is 7.13. The van der Waals surface area contributed by atoms with Gasteiger partial charge in [-0.15, -0.1) is 0 Å². The molecule has 1 unspecified atom stereocenters. The molecule has 0 aliphatic heterocycles. The molecule has 0 heterocycles. The summed E-state index contributed by atoms with van der Waals surface area (Å²) in [6.07, 6.45) is 6.44. The van der Waals surface area contributed by atoms with E-state index in [1.807, 2.05) is 12.1 Å². The van der Waals surface area contributed by atoms with E-state index in [4.69, 9.17) is 5.41 Å². The van der Waals surface area contributed by atoms with Gasteiger partial charge in [0, 0.05) is 6.21 Å². The van der Waals surface area contributed by atoms with Crippen LogP contribution in [-0.4, -0.2) is 6.21 Å². The maximum Gasteiger partial charge on any atom is 0.0250 e. The third-order valence-corrected chi connectivity index (χ3v) is 2.95. The second-order valence-electron chi connectivity index (χ2n) is 4.15. The molecule has 0 spiro atoms. The highest BCUT2D eigenvalue weighted by Gasteiger charge is 2.05. The van der Waals surface area contributed by atoms with E-state index >= 15 is 0 Å². The Morgan fingerprint density at radius 1 is 1.20 bits per heavy atom. The lowest BCUT2D eigenvalue weighted by Crippen LogP contribution is -2.02. The molecule has 0 amide bonds. The average Bonchev–Trinajstić information content (AvgIpc) is 2.29. The molecule has 1 rings (SSSR count). The summed E-state index contributed by atoms with van der Waals surface area (Å²) in [4.78, 5) is 0. The minimum Gasteiger partial charge on any atom is -0.308 e. The van der Waals surface area contributed by atoms with Crippen LogP contribution in [0, 0.1) is 11.3 Å². The molecule has 0 saturated heterocycles. The van der Waals surface area contributed by atoms with E-state index < -0.39 is 0 Å². The van der Waals surface area contributed by atoms with Crippen LogP contribution in [0.5, 0.6) is 0 Å². The van der Waals surface area contributed by atoms with Crippen LogP contribution in [0.25, 0.3) is 0 Å². The molecule has 0 fully saturated rings. The van der Waals surface area contributed by atoms with E-state index in [1.165, 1.54) is 37.5 Å². The van der Waals surface area contributed by atoms with Gasteiger partial charge in [-0.3, -0.25) is 0 Å². The van der Waals surface area contributed by atoms with Gasteiger partial charge in [0.1, 0.15) is 0 Å².